The molecule has 2 aromatic carbocycles. The average molecular weight is 449 g/mol. The van der Waals surface area contributed by atoms with Gasteiger partial charge >= 0.3 is 6.18 Å². The van der Waals surface area contributed by atoms with E-state index in [2.05, 4.69) is 0 Å². The third kappa shape index (κ3) is 90.6. The number of rotatable bonds is 0. The normalized spacial score (nSPS) is 6.69. The van der Waals surface area contributed by atoms with Crippen LogP contribution in [0.25, 0.3) is 0 Å². The molecule has 2 aromatic rings. The fourth-order valence-corrected chi connectivity index (χ4v) is 0.770. The monoisotopic (exact) mass is 449 g/mol. The maximum atomic E-state index is 10.4. The first kappa shape index (κ1) is 44.6. The maximum absolute atomic E-state index is 10.4. The van der Waals surface area contributed by atoms with Gasteiger partial charge in [-0.15, -0.1) is 0 Å². The van der Waals surface area contributed by atoms with E-state index in [1.165, 1.54) is 0 Å². The van der Waals surface area contributed by atoms with Crippen molar-refractivity contribution in [2.75, 3.05) is 0 Å². The second-order valence-electron chi connectivity index (χ2n) is 3.09. The first-order valence-corrected chi connectivity index (χ1v) is 8.07. The summed E-state index contributed by atoms with van der Waals surface area (Å²) in [6.45, 7) is 12.2. The standard InChI is InChI=1S/2C6H6.C2H3F3.3C2H6.2CH3.Y/c2*1-2-4-6-5-3-1;1-2(3,4)5;3*1-2;;;/h2*1-6H;1H3;3*1-2H3;2*1H3;/q;;;;;;2*-1;. The van der Waals surface area contributed by atoms with Gasteiger partial charge in [0, 0.05) is 39.6 Å². The SMILES string of the molecule is CC.CC.CC.CC(F)(F)F.[CH3-].[CH3-].[Y].c1ccccc1.c1ccccc1. The Kier molecular flexibility index (Phi) is 75.7. The molecule has 0 unspecified atom stereocenters. The number of halogens is 3. The molecule has 0 heterocycles. The molecule has 0 fully saturated rings. The molecule has 1 radical (unpaired) electrons. The van der Waals surface area contributed by atoms with Crippen molar-refractivity contribution in [3.8, 4) is 0 Å². The van der Waals surface area contributed by atoms with Gasteiger partial charge in [0.15, 0.2) is 0 Å². The molecule has 0 spiro atoms. The van der Waals surface area contributed by atoms with E-state index >= 15 is 0 Å². The third-order valence-electron chi connectivity index (χ3n) is 1.33. The zero-order chi connectivity index (χ0) is 19.0. The Hall–Kier alpha value is -0.666. The Morgan fingerprint density at radius 1 is 0.423 bits per heavy atom. The van der Waals surface area contributed by atoms with Gasteiger partial charge in [-0.1, -0.05) is 114 Å². The molecule has 0 aliphatic heterocycles. The van der Waals surface area contributed by atoms with Crippen LogP contribution in [0, 0.1) is 14.9 Å². The zero-order valence-corrected chi connectivity index (χ0v) is 21.0. The van der Waals surface area contributed by atoms with Gasteiger partial charge in [0.05, 0.1) is 0 Å². The molecule has 0 aromatic heterocycles. The molecule has 0 saturated heterocycles. The van der Waals surface area contributed by atoms with Gasteiger partial charge in [-0.05, 0) is 0 Å². The Morgan fingerprint density at radius 2 is 0.462 bits per heavy atom. The van der Waals surface area contributed by atoms with Crippen LogP contribution in [0.15, 0.2) is 72.8 Å². The first-order chi connectivity index (χ1) is 11.0. The molecule has 0 amide bonds. The number of benzene rings is 2. The molecule has 153 valence electrons. The van der Waals surface area contributed by atoms with E-state index < -0.39 is 6.18 Å². The molecule has 0 aliphatic rings. The number of alkyl halides is 3. The van der Waals surface area contributed by atoms with Crippen molar-refractivity contribution in [1.29, 1.82) is 0 Å². The van der Waals surface area contributed by atoms with Gasteiger partial charge < -0.3 is 14.9 Å². The number of hydrogen-bond acceptors (Lipinski definition) is 0. The smallest absolute Gasteiger partial charge is 0.358 e. The van der Waals surface area contributed by atoms with Gasteiger partial charge in [0.1, 0.15) is 0 Å². The summed E-state index contributed by atoms with van der Waals surface area (Å²) >= 11 is 0. The molecule has 0 N–H and O–H groups in total. The minimum Gasteiger partial charge on any atom is -0.358 e. The molecule has 26 heavy (non-hydrogen) atoms. The van der Waals surface area contributed by atoms with Crippen molar-refractivity contribution in [2.24, 2.45) is 0 Å². The summed E-state index contributed by atoms with van der Waals surface area (Å²) in [6.07, 6.45) is -4.00. The fraction of sp³-hybridized carbons (Fsp3) is 0.364. The Labute approximate surface area is 187 Å². The topological polar surface area (TPSA) is 0 Å². The minimum absolute atomic E-state index is 0. The summed E-state index contributed by atoms with van der Waals surface area (Å²) in [5.41, 5.74) is 0. The summed E-state index contributed by atoms with van der Waals surface area (Å²) in [6, 6.07) is 24.0. The van der Waals surface area contributed by atoms with E-state index in [-0.39, 0.29) is 54.5 Å². The van der Waals surface area contributed by atoms with Crippen LogP contribution in [0.2, 0.25) is 0 Å². The molecular formula is C22H39F3Y-2. The van der Waals surface area contributed by atoms with Crippen LogP contribution in [-0.2, 0) is 32.7 Å². The van der Waals surface area contributed by atoms with Crippen LogP contribution in [-0.4, -0.2) is 6.18 Å². The van der Waals surface area contributed by atoms with Crippen molar-refractivity contribution in [3.63, 3.8) is 0 Å². The average Bonchev–Trinajstić information content (AvgIpc) is 2.62. The molecule has 0 nitrogen and oxygen atoms in total. The van der Waals surface area contributed by atoms with Gasteiger partial charge in [-0.3, -0.25) is 0 Å². The van der Waals surface area contributed by atoms with E-state index in [1.807, 2.05) is 114 Å². The van der Waals surface area contributed by atoms with E-state index in [9.17, 15) is 13.2 Å². The Bertz CT molecular complexity index is 258. The van der Waals surface area contributed by atoms with E-state index in [4.69, 9.17) is 0 Å². The van der Waals surface area contributed by atoms with Gasteiger partial charge in [0.2, 0.25) is 0 Å². The minimum atomic E-state index is -4.00. The summed E-state index contributed by atoms with van der Waals surface area (Å²) in [4.78, 5) is 0. The third-order valence-corrected chi connectivity index (χ3v) is 1.33. The van der Waals surface area contributed by atoms with Gasteiger partial charge in [0.25, 0.3) is 0 Å². The fourth-order valence-electron chi connectivity index (χ4n) is 0.770. The predicted octanol–water partition coefficient (Wildman–Crippen LogP) is 8.92. The summed E-state index contributed by atoms with van der Waals surface area (Å²) in [7, 11) is 0. The molecule has 4 heteroatoms. The van der Waals surface area contributed by atoms with E-state index in [0.29, 0.717) is 0 Å². The molecular weight excluding hydrogens is 410 g/mol. The van der Waals surface area contributed by atoms with Crippen molar-refractivity contribution < 1.29 is 45.9 Å². The zero-order valence-electron chi connectivity index (χ0n) is 18.1. The van der Waals surface area contributed by atoms with Crippen LogP contribution >= 0.6 is 0 Å². The first-order valence-electron chi connectivity index (χ1n) is 8.07. The van der Waals surface area contributed by atoms with Gasteiger partial charge in [-0.25, -0.2) is 0 Å². The van der Waals surface area contributed by atoms with Crippen LogP contribution in [0.1, 0.15) is 48.5 Å². The van der Waals surface area contributed by atoms with Gasteiger partial charge in [-0.2, -0.15) is 13.2 Å². The van der Waals surface area contributed by atoms with Crippen LogP contribution in [0.5, 0.6) is 0 Å². The van der Waals surface area contributed by atoms with Crippen molar-refractivity contribution in [3.05, 3.63) is 87.6 Å². The van der Waals surface area contributed by atoms with Crippen molar-refractivity contribution >= 4 is 0 Å². The summed E-state index contributed by atoms with van der Waals surface area (Å²) in [5, 5.41) is 0. The van der Waals surface area contributed by atoms with Crippen LogP contribution < -0.4 is 0 Å². The summed E-state index contributed by atoms with van der Waals surface area (Å²) in [5.74, 6) is 0. The quantitative estimate of drug-likeness (QED) is 0.352. The van der Waals surface area contributed by atoms with E-state index in [1.54, 1.807) is 0 Å². The van der Waals surface area contributed by atoms with E-state index in [0.717, 1.165) is 0 Å². The van der Waals surface area contributed by atoms with Crippen LogP contribution in [0.3, 0.4) is 0 Å². The largest absolute Gasteiger partial charge is 0.386 e. The van der Waals surface area contributed by atoms with Crippen molar-refractivity contribution in [2.45, 2.75) is 54.6 Å². The molecule has 0 atom stereocenters. The summed E-state index contributed by atoms with van der Waals surface area (Å²) < 4.78 is 31.1. The Balaban J connectivity index is -0.0000000348. The molecule has 0 bridgehead atoms. The maximum Gasteiger partial charge on any atom is 0.386 e. The molecule has 0 saturated carbocycles. The number of hydrogen-bond donors (Lipinski definition) is 0. The van der Waals surface area contributed by atoms with Crippen LogP contribution in [0.4, 0.5) is 13.2 Å². The Morgan fingerprint density at radius 3 is 0.500 bits per heavy atom. The second kappa shape index (κ2) is 44.1. The predicted molar refractivity (Wildman–Crippen MR) is 111 cm³/mol. The molecule has 2 rings (SSSR count). The molecule has 0 aliphatic carbocycles. The second-order valence-corrected chi connectivity index (χ2v) is 3.09. The van der Waals surface area contributed by atoms with Crippen molar-refractivity contribution in [1.82, 2.24) is 0 Å².